The topological polar surface area (TPSA) is 60.0 Å². The van der Waals surface area contributed by atoms with Crippen molar-refractivity contribution >= 4 is 5.91 Å². The van der Waals surface area contributed by atoms with E-state index in [4.69, 9.17) is 14.2 Å². The Balaban J connectivity index is 1.49. The van der Waals surface area contributed by atoms with Crippen LogP contribution < -0.4 is 14.8 Å². The van der Waals surface area contributed by atoms with Gasteiger partial charge in [-0.05, 0) is 61.1 Å². The van der Waals surface area contributed by atoms with Crippen molar-refractivity contribution < 1.29 is 23.4 Å². The number of nitrogens with one attached hydrogen (secondary N) is 1. The molecule has 7 heteroatoms. The molecule has 0 bridgehead atoms. The van der Waals surface area contributed by atoms with E-state index < -0.39 is 0 Å². The van der Waals surface area contributed by atoms with Gasteiger partial charge in [-0.25, -0.2) is 4.39 Å². The normalized spacial score (nSPS) is 20.2. The number of amides is 1. The highest BCUT2D eigenvalue weighted by molar-refractivity contribution is 5.79. The minimum atomic E-state index is -0.389. The third-order valence-electron chi connectivity index (χ3n) is 6.69. The number of rotatable bonds is 7. The van der Waals surface area contributed by atoms with Gasteiger partial charge in [-0.15, -0.1) is 0 Å². The Labute approximate surface area is 188 Å². The zero-order valence-corrected chi connectivity index (χ0v) is 18.7. The predicted octanol–water partition coefficient (Wildman–Crippen LogP) is 3.80. The lowest BCUT2D eigenvalue weighted by Crippen LogP contribution is -2.50. The molecule has 2 fully saturated rings. The lowest BCUT2D eigenvalue weighted by Gasteiger charge is -2.39. The zero-order chi connectivity index (χ0) is 22.6. The van der Waals surface area contributed by atoms with Gasteiger partial charge in [-0.3, -0.25) is 10.1 Å². The van der Waals surface area contributed by atoms with Crippen molar-refractivity contribution in [3.8, 4) is 11.5 Å². The van der Waals surface area contributed by atoms with E-state index in [1.165, 1.54) is 12.1 Å². The first-order valence-electron chi connectivity index (χ1n) is 11.2. The molecule has 0 radical (unpaired) electrons. The summed E-state index contributed by atoms with van der Waals surface area (Å²) in [6.07, 6.45) is 3.36. The summed E-state index contributed by atoms with van der Waals surface area (Å²) < 4.78 is 29.8. The lowest BCUT2D eigenvalue weighted by atomic mass is 9.82. The number of hydrogen-bond acceptors (Lipinski definition) is 5. The van der Waals surface area contributed by atoms with Gasteiger partial charge in [-0.2, -0.15) is 0 Å². The molecule has 2 aromatic rings. The molecule has 2 aliphatic heterocycles. The fourth-order valence-corrected chi connectivity index (χ4v) is 4.87. The SMILES string of the molecule is COc1ccc(C2CCCN2C(=O)CNC2(c3ccc(F)cc3)CCOCC2)cc1OC. The van der Waals surface area contributed by atoms with E-state index in [-0.39, 0.29) is 29.8 Å². The first-order chi connectivity index (χ1) is 15.6. The molecule has 0 saturated carbocycles. The van der Waals surface area contributed by atoms with Crippen LogP contribution in [0.1, 0.15) is 42.9 Å². The monoisotopic (exact) mass is 442 g/mol. The van der Waals surface area contributed by atoms with Crippen molar-refractivity contribution in [1.82, 2.24) is 10.2 Å². The molecule has 1 unspecified atom stereocenters. The smallest absolute Gasteiger partial charge is 0.237 e. The highest BCUT2D eigenvalue weighted by Gasteiger charge is 2.36. The Morgan fingerprint density at radius 3 is 2.53 bits per heavy atom. The Morgan fingerprint density at radius 2 is 1.84 bits per heavy atom. The van der Waals surface area contributed by atoms with Gasteiger partial charge >= 0.3 is 0 Å². The molecule has 2 heterocycles. The molecule has 32 heavy (non-hydrogen) atoms. The summed E-state index contributed by atoms with van der Waals surface area (Å²) in [5.41, 5.74) is 1.65. The van der Waals surface area contributed by atoms with Gasteiger partial charge in [0.15, 0.2) is 11.5 Å². The van der Waals surface area contributed by atoms with Crippen LogP contribution in [0.2, 0.25) is 0 Å². The largest absolute Gasteiger partial charge is 0.493 e. The van der Waals surface area contributed by atoms with Crippen LogP contribution >= 0.6 is 0 Å². The Kier molecular flexibility index (Phi) is 6.96. The number of likely N-dealkylation sites (tertiary alicyclic amines) is 1. The molecule has 0 spiro atoms. The molecule has 2 aliphatic rings. The second-order valence-electron chi connectivity index (χ2n) is 8.41. The van der Waals surface area contributed by atoms with Crippen LogP contribution in [-0.2, 0) is 15.1 Å². The zero-order valence-electron chi connectivity index (χ0n) is 18.7. The van der Waals surface area contributed by atoms with E-state index >= 15 is 0 Å². The summed E-state index contributed by atoms with van der Waals surface area (Å²) in [6, 6.07) is 12.4. The number of hydrogen-bond donors (Lipinski definition) is 1. The van der Waals surface area contributed by atoms with E-state index in [2.05, 4.69) is 5.32 Å². The third-order valence-corrected chi connectivity index (χ3v) is 6.69. The summed E-state index contributed by atoms with van der Waals surface area (Å²) in [6.45, 7) is 2.17. The van der Waals surface area contributed by atoms with E-state index in [0.717, 1.165) is 43.4 Å². The van der Waals surface area contributed by atoms with Crippen LogP contribution in [-0.4, -0.2) is 51.3 Å². The van der Waals surface area contributed by atoms with E-state index in [1.807, 2.05) is 23.1 Å². The quantitative estimate of drug-likeness (QED) is 0.707. The summed E-state index contributed by atoms with van der Waals surface area (Å²) in [4.78, 5) is 15.2. The average molecular weight is 443 g/mol. The van der Waals surface area contributed by atoms with Gasteiger partial charge in [0.2, 0.25) is 5.91 Å². The third kappa shape index (κ3) is 4.59. The molecule has 172 valence electrons. The van der Waals surface area contributed by atoms with Crippen molar-refractivity contribution in [2.75, 3.05) is 40.5 Å². The van der Waals surface area contributed by atoms with E-state index in [9.17, 15) is 9.18 Å². The number of carbonyl (C=O) groups is 1. The van der Waals surface area contributed by atoms with Gasteiger partial charge in [0, 0.05) is 25.3 Å². The molecule has 6 nitrogen and oxygen atoms in total. The number of methoxy groups -OCH3 is 2. The van der Waals surface area contributed by atoms with Crippen molar-refractivity contribution in [2.24, 2.45) is 0 Å². The van der Waals surface area contributed by atoms with Crippen LogP contribution in [0.15, 0.2) is 42.5 Å². The highest BCUT2D eigenvalue weighted by atomic mass is 19.1. The van der Waals surface area contributed by atoms with Gasteiger partial charge in [0.05, 0.1) is 26.8 Å². The van der Waals surface area contributed by atoms with Crippen LogP contribution in [0.5, 0.6) is 11.5 Å². The van der Waals surface area contributed by atoms with E-state index in [1.54, 1.807) is 26.4 Å². The summed E-state index contributed by atoms with van der Waals surface area (Å²) >= 11 is 0. The van der Waals surface area contributed by atoms with Crippen molar-refractivity contribution in [3.63, 3.8) is 0 Å². The van der Waals surface area contributed by atoms with Crippen LogP contribution in [0.4, 0.5) is 4.39 Å². The number of carbonyl (C=O) groups excluding carboxylic acids is 1. The standard InChI is InChI=1S/C25H31FN2O4/c1-30-22-10-5-18(16-23(22)31-2)21-4-3-13-28(21)24(29)17-27-25(11-14-32-15-12-25)19-6-8-20(26)9-7-19/h5-10,16,21,27H,3-4,11-15,17H2,1-2H3. The first kappa shape index (κ1) is 22.6. The fraction of sp³-hybridized carbons (Fsp3) is 0.480. The maximum Gasteiger partial charge on any atom is 0.237 e. The molecular formula is C25H31FN2O4. The van der Waals surface area contributed by atoms with Gasteiger partial charge in [-0.1, -0.05) is 18.2 Å². The van der Waals surface area contributed by atoms with E-state index in [0.29, 0.717) is 24.7 Å². The Hall–Kier alpha value is -2.64. The highest BCUT2D eigenvalue weighted by Crippen LogP contribution is 2.37. The summed E-state index contributed by atoms with van der Waals surface area (Å²) in [5, 5.41) is 3.52. The maximum absolute atomic E-state index is 13.5. The molecule has 1 atom stereocenters. The van der Waals surface area contributed by atoms with Crippen LogP contribution in [0.3, 0.4) is 0 Å². The number of nitrogens with zero attached hydrogens (tertiary/aromatic N) is 1. The van der Waals surface area contributed by atoms with Crippen LogP contribution in [0.25, 0.3) is 0 Å². The summed E-state index contributed by atoms with van der Waals surface area (Å²) in [5.74, 6) is 1.14. The van der Waals surface area contributed by atoms with Crippen molar-refractivity contribution in [2.45, 2.75) is 37.3 Å². The average Bonchev–Trinajstić information content (AvgIpc) is 3.33. The lowest BCUT2D eigenvalue weighted by molar-refractivity contribution is -0.131. The first-order valence-corrected chi connectivity index (χ1v) is 11.2. The van der Waals surface area contributed by atoms with Gasteiger partial charge < -0.3 is 19.1 Å². The Morgan fingerprint density at radius 1 is 1.12 bits per heavy atom. The van der Waals surface area contributed by atoms with Crippen LogP contribution in [0, 0.1) is 5.82 Å². The number of halogens is 1. The second kappa shape index (κ2) is 9.88. The summed E-state index contributed by atoms with van der Waals surface area (Å²) in [7, 11) is 3.23. The predicted molar refractivity (Wildman–Crippen MR) is 119 cm³/mol. The molecule has 1 amide bonds. The molecular weight excluding hydrogens is 411 g/mol. The minimum Gasteiger partial charge on any atom is -0.493 e. The number of ether oxygens (including phenoxy) is 3. The molecule has 4 rings (SSSR count). The maximum atomic E-state index is 13.5. The molecule has 2 saturated heterocycles. The molecule has 0 aromatic heterocycles. The molecule has 0 aliphatic carbocycles. The number of benzene rings is 2. The fourth-order valence-electron chi connectivity index (χ4n) is 4.87. The van der Waals surface area contributed by atoms with Gasteiger partial charge in [0.25, 0.3) is 0 Å². The molecule has 2 aromatic carbocycles. The van der Waals surface area contributed by atoms with Crippen molar-refractivity contribution in [1.29, 1.82) is 0 Å². The second-order valence-corrected chi connectivity index (χ2v) is 8.41. The van der Waals surface area contributed by atoms with Gasteiger partial charge in [0.1, 0.15) is 5.82 Å². The minimum absolute atomic E-state index is 0.0144. The molecule has 1 N–H and O–H groups in total. The van der Waals surface area contributed by atoms with Crippen molar-refractivity contribution in [3.05, 3.63) is 59.4 Å². The Bertz CT molecular complexity index is 928.